The first-order valence-corrected chi connectivity index (χ1v) is 10.6. The Bertz CT molecular complexity index is 727. The summed E-state index contributed by atoms with van der Waals surface area (Å²) < 4.78 is 0. The van der Waals surface area contributed by atoms with Crippen LogP contribution in [0.1, 0.15) is 44.2 Å². The first-order chi connectivity index (χ1) is 13.5. The lowest BCUT2D eigenvalue weighted by Crippen LogP contribution is -2.38. The molecule has 3 nitrogen and oxygen atoms in total. The van der Waals surface area contributed by atoms with E-state index in [0.717, 1.165) is 45.6 Å². The summed E-state index contributed by atoms with van der Waals surface area (Å²) in [6.45, 7) is 9.30. The van der Waals surface area contributed by atoms with Gasteiger partial charge in [0.1, 0.15) is 0 Å². The van der Waals surface area contributed by atoms with Crippen LogP contribution in [0.25, 0.3) is 0 Å². The van der Waals surface area contributed by atoms with Gasteiger partial charge < -0.3 is 9.80 Å². The molecule has 28 heavy (non-hydrogen) atoms. The van der Waals surface area contributed by atoms with Crippen molar-refractivity contribution >= 4 is 5.91 Å². The van der Waals surface area contributed by atoms with Gasteiger partial charge in [0, 0.05) is 26.1 Å². The molecule has 1 amide bonds. The third-order valence-electron chi connectivity index (χ3n) is 5.87. The minimum atomic E-state index is -0.125. The van der Waals surface area contributed by atoms with Gasteiger partial charge in [-0.3, -0.25) is 4.79 Å². The van der Waals surface area contributed by atoms with Gasteiger partial charge >= 0.3 is 0 Å². The average molecular weight is 379 g/mol. The fourth-order valence-corrected chi connectivity index (χ4v) is 4.08. The van der Waals surface area contributed by atoms with E-state index in [1.807, 2.05) is 6.07 Å². The molecule has 0 spiro atoms. The van der Waals surface area contributed by atoms with Crippen molar-refractivity contribution in [1.82, 2.24) is 9.80 Å². The Kier molecular flexibility index (Phi) is 7.27. The Morgan fingerprint density at radius 1 is 0.893 bits per heavy atom. The molecule has 2 aromatic rings. The highest BCUT2D eigenvalue weighted by atomic mass is 16.2. The van der Waals surface area contributed by atoms with Crippen molar-refractivity contribution in [2.24, 2.45) is 0 Å². The fraction of sp³-hybridized carbons (Fsp3) is 0.480. The van der Waals surface area contributed by atoms with E-state index in [1.165, 1.54) is 17.5 Å². The van der Waals surface area contributed by atoms with E-state index >= 15 is 0 Å². The van der Waals surface area contributed by atoms with Crippen LogP contribution in [0.4, 0.5) is 0 Å². The Morgan fingerprint density at radius 3 is 2.29 bits per heavy atom. The lowest BCUT2D eigenvalue weighted by Gasteiger charge is -2.29. The van der Waals surface area contributed by atoms with Gasteiger partial charge in [-0.25, -0.2) is 0 Å². The number of carbonyl (C=O) groups excluding carboxylic acids is 1. The molecule has 1 saturated heterocycles. The quantitative estimate of drug-likeness (QED) is 0.707. The molecule has 0 atom stereocenters. The zero-order valence-corrected chi connectivity index (χ0v) is 17.4. The molecular formula is C25H34N2O. The second-order valence-corrected chi connectivity index (χ2v) is 8.59. The zero-order valence-electron chi connectivity index (χ0n) is 17.4. The topological polar surface area (TPSA) is 23.6 Å². The third kappa shape index (κ3) is 5.93. The Morgan fingerprint density at radius 2 is 1.57 bits per heavy atom. The van der Waals surface area contributed by atoms with Crippen LogP contribution in [-0.2, 0) is 16.6 Å². The van der Waals surface area contributed by atoms with Crippen LogP contribution in [-0.4, -0.2) is 48.4 Å². The molecule has 1 fully saturated rings. The van der Waals surface area contributed by atoms with Crippen molar-refractivity contribution in [3.05, 3.63) is 71.8 Å². The van der Waals surface area contributed by atoms with Crippen molar-refractivity contribution in [3.8, 4) is 0 Å². The second kappa shape index (κ2) is 9.88. The van der Waals surface area contributed by atoms with Gasteiger partial charge in [0.05, 0.1) is 0 Å². The molecule has 3 heteroatoms. The highest BCUT2D eigenvalue weighted by Crippen LogP contribution is 2.27. The van der Waals surface area contributed by atoms with Gasteiger partial charge in [0.2, 0.25) is 5.91 Å². The van der Waals surface area contributed by atoms with Crippen LogP contribution in [0.15, 0.2) is 60.7 Å². The zero-order chi connectivity index (χ0) is 19.8. The van der Waals surface area contributed by atoms with Crippen LogP contribution in [0, 0.1) is 0 Å². The molecule has 1 heterocycles. The standard InChI is InChI=1S/C25H34N2O/c1-25(2,23-14-7-4-8-15-23)21-24(28)27-18-10-17-26(19-20-27)16-9-13-22-11-5-3-6-12-22/h3-8,11-12,14-15H,9-10,13,16-21H2,1-2H3. The Balaban J connectivity index is 1.46. The number of hydrogen-bond donors (Lipinski definition) is 0. The maximum absolute atomic E-state index is 13.0. The maximum Gasteiger partial charge on any atom is 0.223 e. The minimum Gasteiger partial charge on any atom is -0.341 e. The largest absolute Gasteiger partial charge is 0.341 e. The molecule has 0 saturated carbocycles. The summed E-state index contributed by atoms with van der Waals surface area (Å²) >= 11 is 0. The molecule has 0 radical (unpaired) electrons. The average Bonchev–Trinajstić information content (AvgIpc) is 2.95. The number of rotatable bonds is 7. The van der Waals surface area contributed by atoms with E-state index in [4.69, 9.17) is 0 Å². The van der Waals surface area contributed by atoms with Crippen molar-refractivity contribution < 1.29 is 4.79 Å². The molecule has 0 bridgehead atoms. The second-order valence-electron chi connectivity index (χ2n) is 8.59. The van der Waals surface area contributed by atoms with Gasteiger partial charge in [-0.05, 0) is 48.9 Å². The summed E-state index contributed by atoms with van der Waals surface area (Å²) in [4.78, 5) is 17.6. The van der Waals surface area contributed by atoms with Crippen molar-refractivity contribution in [2.45, 2.75) is 44.9 Å². The van der Waals surface area contributed by atoms with E-state index in [1.54, 1.807) is 0 Å². The molecule has 1 aliphatic rings. The van der Waals surface area contributed by atoms with Crippen molar-refractivity contribution in [1.29, 1.82) is 0 Å². The number of aryl methyl sites for hydroxylation is 1. The van der Waals surface area contributed by atoms with Gasteiger partial charge in [-0.2, -0.15) is 0 Å². The summed E-state index contributed by atoms with van der Waals surface area (Å²) in [7, 11) is 0. The fourth-order valence-electron chi connectivity index (χ4n) is 4.08. The molecule has 0 aliphatic carbocycles. The smallest absolute Gasteiger partial charge is 0.223 e. The van der Waals surface area contributed by atoms with Crippen LogP contribution < -0.4 is 0 Å². The number of benzene rings is 2. The normalized spacial score (nSPS) is 16.0. The summed E-state index contributed by atoms with van der Waals surface area (Å²) in [5.41, 5.74) is 2.53. The van der Waals surface area contributed by atoms with Gasteiger partial charge in [-0.1, -0.05) is 74.5 Å². The monoisotopic (exact) mass is 378 g/mol. The number of carbonyl (C=O) groups is 1. The van der Waals surface area contributed by atoms with Gasteiger partial charge in [0.15, 0.2) is 0 Å². The van der Waals surface area contributed by atoms with Crippen LogP contribution >= 0.6 is 0 Å². The molecule has 0 unspecified atom stereocenters. The molecule has 3 rings (SSSR count). The lowest BCUT2D eigenvalue weighted by atomic mass is 9.81. The van der Waals surface area contributed by atoms with Crippen molar-refractivity contribution in [2.75, 3.05) is 32.7 Å². The first-order valence-electron chi connectivity index (χ1n) is 10.6. The molecule has 2 aromatic carbocycles. The summed E-state index contributed by atoms with van der Waals surface area (Å²) in [6, 6.07) is 21.1. The number of hydrogen-bond acceptors (Lipinski definition) is 2. The number of amides is 1. The highest BCUT2D eigenvalue weighted by molar-refractivity contribution is 5.77. The predicted molar refractivity (Wildman–Crippen MR) is 116 cm³/mol. The Labute approximate surface area is 170 Å². The molecule has 0 aromatic heterocycles. The van der Waals surface area contributed by atoms with Gasteiger partial charge in [0.25, 0.3) is 0 Å². The van der Waals surface area contributed by atoms with Gasteiger partial charge in [-0.15, -0.1) is 0 Å². The summed E-state index contributed by atoms with van der Waals surface area (Å²) in [6.07, 6.45) is 3.96. The van der Waals surface area contributed by atoms with E-state index in [9.17, 15) is 4.79 Å². The maximum atomic E-state index is 13.0. The lowest BCUT2D eigenvalue weighted by molar-refractivity contribution is -0.132. The SMILES string of the molecule is CC(C)(CC(=O)N1CCCN(CCCc2ccccc2)CC1)c1ccccc1. The molecule has 150 valence electrons. The molecule has 0 N–H and O–H groups in total. The van der Waals surface area contributed by atoms with E-state index in [0.29, 0.717) is 12.3 Å². The van der Waals surface area contributed by atoms with Crippen LogP contribution in [0.5, 0.6) is 0 Å². The minimum absolute atomic E-state index is 0.125. The molecular weight excluding hydrogens is 344 g/mol. The third-order valence-corrected chi connectivity index (χ3v) is 5.87. The summed E-state index contributed by atoms with van der Waals surface area (Å²) in [5, 5.41) is 0. The van der Waals surface area contributed by atoms with E-state index in [-0.39, 0.29) is 5.41 Å². The van der Waals surface area contributed by atoms with Crippen LogP contribution in [0.2, 0.25) is 0 Å². The highest BCUT2D eigenvalue weighted by Gasteiger charge is 2.27. The first kappa shape index (κ1) is 20.6. The van der Waals surface area contributed by atoms with Crippen molar-refractivity contribution in [3.63, 3.8) is 0 Å². The molecule has 1 aliphatic heterocycles. The van der Waals surface area contributed by atoms with Crippen LogP contribution in [0.3, 0.4) is 0 Å². The van der Waals surface area contributed by atoms with E-state index < -0.39 is 0 Å². The number of nitrogens with zero attached hydrogens (tertiary/aromatic N) is 2. The Hall–Kier alpha value is -2.13. The predicted octanol–water partition coefficient (Wildman–Crippen LogP) is 4.52. The van der Waals surface area contributed by atoms with E-state index in [2.05, 4.69) is 78.2 Å². The summed E-state index contributed by atoms with van der Waals surface area (Å²) in [5.74, 6) is 0.292.